The minimum absolute atomic E-state index is 0.178. The summed E-state index contributed by atoms with van der Waals surface area (Å²) in [6.07, 6.45) is -0.126. The van der Waals surface area contributed by atoms with Gasteiger partial charge in [0.2, 0.25) is 0 Å². The lowest BCUT2D eigenvalue weighted by Crippen LogP contribution is -2.23. The summed E-state index contributed by atoms with van der Waals surface area (Å²) in [4.78, 5) is 10.9. The van der Waals surface area contributed by atoms with E-state index in [1.807, 2.05) is 0 Å². The third-order valence-corrected chi connectivity index (χ3v) is 3.02. The van der Waals surface area contributed by atoms with Gasteiger partial charge < -0.3 is 15.5 Å². The molecule has 0 radical (unpaired) electrons. The van der Waals surface area contributed by atoms with Crippen LogP contribution in [-0.4, -0.2) is 35.8 Å². The first-order valence-corrected chi connectivity index (χ1v) is 6.14. The fourth-order valence-electron chi connectivity index (χ4n) is 1.16. The second-order valence-corrected chi connectivity index (χ2v) is 4.96. The van der Waals surface area contributed by atoms with Crippen molar-refractivity contribution in [1.82, 2.24) is 0 Å². The molecular weight excluding hydrogens is 342 g/mol. The Morgan fingerprint density at radius 1 is 1.44 bits per heavy atom. The van der Waals surface area contributed by atoms with Crippen LogP contribution in [0.15, 0.2) is 21.1 Å². The smallest absolute Gasteiger partial charge is 0.152 e. The Bertz CT molecular complexity index is 385. The molecule has 1 rings (SSSR count). The highest BCUT2D eigenvalue weighted by Crippen LogP contribution is 2.29. The van der Waals surface area contributed by atoms with Gasteiger partial charge in [0.1, 0.15) is 0 Å². The summed E-state index contributed by atoms with van der Waals surface area (Å²) < 4.78 is 1.50. The summed E-state index contributed by atoms with van der Waals surface area (Å²) >= 11 is 6.59. The molecule has 0 spiro atoms. The summed E-state index contributed by atoms with van der Waals surface area (Å²) in [5.74, 6) is 0. The molecule has 0 saturated carbocycles. The lowest BCUT2D eigenvalue weighted by Gasteiger charge is -2.14. The molecule has 1 aromatic rings. The van der Waals surface area contributed by atoms with E-state index in [9.17, 15) is 9.90 Å². The number of nitrogens with one attached hydrogen (secondary N) is 1. The number of aliphatic hydroxyl groups excluding tert-OH is 2. The minimum atomic E-state index is -0.852. The summed E-state index contributed by atoms with van der Waals surface area (Å²) in [6, 6.07) is 3.46. The molecule has 0 aliphatic heterocycles. The Morgan fingerprint density at radius 3 is 2.69 bits per heavy atom. The first-order valence-electron chi connectivity index (χ1n) is 4.55. The van der Waals surface area contributed by atoms with Crippen LogP contribution in [0.25, 0.3) is 0 Å². The lowest BCUT2D eigenvalue weighted by molar-refractivity contribution is 0.105. The molecule has 1 atom stereocenters. The molecule has 88 valence electrons. The van der Waals surface area contributed by atoms with Crippen molar-refractivity contribution in [2.75, 3.05) is 18.5 Å². The van der Waals surface area contributed by atoms with Crippen molar-refractivity contribution < 1.29 is 15.0 Å². The van der Waals surface area contributed by atoms with E-state index in [2.05, 4.69) is 37.2 Å². The monoisotopic (exact) mass is 351 g/mol. The van der Waals surface area contributed by atoms with Gasteiger partial charge in [0.05, 0.1) is 18.4 Å². The Labute approximate surface area is 110 Å². The van der Waals surface area contributed by atoms with Gasteiger partial charge in [-0.2, -0.15) is 0 Å². The summed E-state index contributed by atoms with van der Waals surface area (Å²) in [7, 11) is 0. The average molecular weight is 353 g/mol. The Balaban J connectivity index is 2.89. The molecule has 0 bridgehead atoms. The van der Waals surface area contributed by atoms with E-state index in [-0.39, 0.29) is 13.2 Å². The molecule has 6 heteroatoms. The van der Waals surface area contributed by atoms with Crippen LogP contribution in [0.5, 0.6) is 0 Å². The molecule has 0 amide bonds. The van der Waals surface area contributed by atoms with Crippen LogP contribution in [0.3, 0.4) is 0 Å². The van der Waals surface area contributed by atoms with Gasteiger partial charge in [0, 0.05) is 21.1 Å². The number of hydrogen-bond donors (Lipinski definition) is 3. The van der Waals surface area contributed by atoms with Gasteiger partial charge >= 0.3 is 0 Å². The van der Waals surface area contributed by atoms with Gasteiger partial charge in [-0.15, -0.1) is 0 Å². The fraction of sp³-hybridized carbons (Fsp3) is 0.300. The number of carbonyl (C=O) groups excluding carboxylic acids is 1. The second-order valence-electron chi connectivity index (χ2n) is 3.19. The van der Waals surface area contributed by atoms with Crippen LogP contribution in [0, 0.1) is 0 Å². The first kappa shape index (κ1) is 13.6. The SMILES string of the molecule is O=Cc1cc(Br)cc(Br)c1NCC(O)CO. The van der Waals surface area contributed by atoms with Crippen molar-refractivity contribution in [2.24, 2.45) is 0 Å². The standard InChI is InChI=1S/C10H11Br2NO3/c11-7-1-6(4-14)10(9(12)2-7)13-3-8(16)5-15/h1-2,4,8,13,15-16H,3,5H2. The minimum Gasteiger partial charge on any atom is -0.394 e. The molecular formula is C10H11Br2NO3. The molecule has 1 unspecified atom stereocenters. The van der Waals surface area contributed by atoms with E-state index in [0.717, 1.165) is 10.8 Å². The number of carbonyl (C=O) groups is 1. The molecule has 0 aromatic heterocycles. The third kappa shape index (κ3) is 3.55. The highest BCUT2D eigenvalue weighted by molar-refractivity contribution is 9.11. The molecule has 0 saturated heterocycles. The van der Waals surface area contributed by atoms with E-state index < -0.39 is 6.10 Å². The van der Waals surface area contributed by atoms with E-state index in [0.29, 0.717) is 15.7 Å². The Kier molecular flexibility index (Phi) is 5.40. The van der Waals surface area contributed by atoms with Crippen molar-refractivity contribution >= 4 is 43.8 Å². The van der Waals surface area contributed by atoms with Crippen LogP contribution < -0.4 is 5.32 Å². The first-order chi connectivity index (χ1) is 7.58. The summed E-state index contributed by atoms with van der Waals surface area (Å²) in [5.41, 5.74) is 1.08. The molecule has 16 heavy (non-hydrogen) atoms. The molecule has 0 aliphatic carbocycles. The summed E-state index contributed by atoms with van der Waals surface area (Å²) in [6.45, 7) is -0.144. The third-order valence-electron chi connectivity index (χ3n) is 1.94. The molecule has 0 fully saturated rings. The topological polar surface area (TPSA) is 69.6 Å². The van der Waals surface area contributed by atoms with E-state index in [1.165, 1.54) is 0 Å². The van der Waals surface area contributed by atoms with Crippen molar-refractivity contribution in [3.05, 3.63) is 26.6 Å². The van der Waals surface area contributed by atoms with Crippen molar-refractivity contribution in [1.29, 1.82) is 0 Å². The Morgan fingerprint density at radius 2 is 2.12 bits per heavy atom. The number of hydrogen-bond acceptors (Lipinski definition) is 4. The number of halogens is 2. The quantitative estimate of drug-likeness (QED) is 0.706. The molecule has 4 nitrogen and oxygen atoms in total. The molecule has 0 aliphatic rings. The van der Waals surface area contributed by atoms with Crippen molar-refractivity contribution in [2.45, 2.75) is 6.10 Å². The number of benzene rings is 1. The van der Waals surface area contributed by atoms with Gasteiger partial charge in [-0.25, -0.2) is 0 Å². The van der Waals surface area contributed by atoms with Crippen LogP contribution in [0.2, 0.25) is 0 Å². The van der Waals surface area contributed by atoms with Crippen LogP contribution >= 0.6 is 31.9 Å². The van der Waals surface area contributed by atoms with E-state index >= 15 is 0 Å². The van der Waals surface area contributed by atoms with Crippen molar-refractivity contribution in [3.63, 3.8) is 0 Å². The summed E-state index contributed by atoms with van der Waals surface area (Å²) in [5, 5.41) is 20.8. The second kappa shape index (κ2) is 6.34. The average Bonchev–Trinajstić information content (AvgIpc) is 2.26. The zero-order valence-corrected chi connectivity index (χ0v) is 11.5. The van der Waals surface area contributed by atoms with Crippen LogP contribution in [0.1, 0.15) is 10.4 Å². The van der Waals surface area contributed by atoms with Crippen molar-refractivity contribution in [3.8, 4) is 0 Å². The van der Waals surface area contributed by atoms with E-state index in [1.54, 1.807) is 12.1 Å². The zero-order chi connectivity index (χ0) is 12.1. The number of rotatable bonds is 5. The normalized spacial score (nSPS) is 12.2. The number of anilines is 1. The van der Waals surface area contributed by atoms with Gasteiger partial charge in [-0.05, 0) is 28.1 Å². The molecule has 1 aromatic carbocycles. The van der Waals surface area contributed by atoms with Crippen LogP contribution in [-0.2, 0) is 0 Å². The van der Waals surface area contributed by atoms with Gasteiger partial charge in [-0.1, -0.05) is 15.9 Å². The highest BCUT2D eigenvalue weighted by atomic mass is 79.9. The maximum absolute atomic E-state index is 10.9. The van der Waals surface area contributed by atoms with Crippen LogP contribution in [0.4, 0.5) is 5.69 Å². The zero-order valence-electron chi connectivity index (χ0n) is 8.28. The maximum atomic E-state index is 10.9. The maximum Gasteiger partial charge on any atom is 0.152 e. The Hall–Kier alpha value is -0.430. The number of aliphatic hydroxyl groups is 2. The fourth-order valence-corrected chi connectivity index (χ4v) is 2.56. The highest BCUT2D eigenvalue weighted by Gasteiger charge is 2.09. The lowest BCUT2D eigenvalue weighted by atomic mass is 10.2. The largest absolute Gasteiger partial charge is 0.394 e. The molecule has 3 N–H and O–H groups in total. The van der Waals surface area contributed by atoms with E-state index in [4.69, 9.17) is 5.11 Å². The van der Waals surface area contributed by atoms with Gasteiger partial charge in [0.25, 0.3) is 0 Å². The predicted octanol–water partition coefficient (Wildman–Crippen LogP) is 1.79. The predicted molar refractivity (Wildman–Crippen MR) is 68.8 cm³/mol. The molecule has 0 heterocycles. The van der Waals surface area contributed by atoms with Gasteiger partial charge in [-0.3, -0.25) is 4.79 Å². The van der Waals surface area contributed by atoms with Gasteiger partial charge in [0.15, 0.2) is 6.29 Å². The number of aldehydes is 1.